The monoisotopic (exact) mass is 281 g/mol. The molecule has 0 aromatic carbocycles. The largest absolute Gasteiger partial charge is 0.353 e. The van der Waals surface area contributed by atoms with Crippen LogP contribution in [0.1, 0.15) is 57.8 Å². The number of hydrogen-bond donors (Lipinski definition) is 0. The van der Waals surface area contributed by atoms with Crippen molar-refractivity contribution in [2.45, 2.75) is 59.4 Å². The molecule has 0 N–H and O–H groups in total. The fraction of sp³-hybridized carbons (Fsp3) is 0.733. The Hall–Kier alpha value is -0.830. The highest BCUT2D eigenvalue weighted by Crippen LogP contribution is 2.32. The summed E-state index contributed by atoms with van der Waals surface area (Å²) in [5.41, 5.74) is 1.01. The molecule has 2 atom stereocenters. The van der Waals surface area contributed by atoms with Gasteiger partial charge < -0.3 is 4.90 Å². The summed E-state index contributed by atoms with van der Waals surface area (Å²) in [4.78, 5) is 11.6. The first-order valence-electron chi connectivity index (χ1n) is 7.22. The van der Waals surface area contributed by atoms with E-state index >= 15 is 0 Å². The Morgan fingerprint density at radius 2 is 1.95 bits per heavy atom. The summed E-state index contributed by atoms with van der Waals surface area (Å²) in [7, 11) is 0. The van der Waals surface area contributed by atoms with Crippen molar-refractivity contribution in [1.29, 1.82) is 0 Å². The Bertz CT molecular complexity index is 459. The maximum atomic E-state index is 6.29. The Labute approximate surface area is 121 Å². The molecule has 0 spiro atoms. The van der Waals surface area contributed by atoms with Gasteiger partial charge in [0.05, 0.1) is 0 Å². The molecule has 1 aliphatic rings. The van der Waals surface area contributed by atoms with Crippen molar-refractivity contribution >= 4 is 17.4 Å². The van der Waals surface area contributed by atoms with Crippen LogP contribution in [0.3, 0.4) is 0 Å². The lowest BCUT2D eigenvalue weighted by Gasteiger charge is -2.39. The Morgan fingerprint density at radius 3 is 2.58 bits per heavy atom. The highest BCUT2D eigenvalue weighted by Gasteiger charge is 2.28. The molecule has 19 heavy (non-hydrogen) atoms. The van der Waals surface area contributed by atoms with Gasteiger partial charge in [-0.05, 0) is 32.6 Å². The van der Waals surface area contributed by atoms with Crippen LogP contribution in [0.5, 0.6) is 0 Å². The highest BCUT2D eigenvalue weighted by molar-refractivity contribution is 6.30. The van der Waals surface area contributed by atoms with Crippen molar-refractivity contribution in [3.8, 4) is 0 Å². The van der Waals surface area contributed by atoms with Crippen molar-refractivity contribution in [3.05, 3.63) is 16.5 Å². The topological polar surface area (TPSA) is 29.0 Å². The molecule has 1 saturated heterocycles. The van der Waals surface area contributed by atoms with Gasteiger partial charge in [0, 0.05) is 24.1 Å². The van der Waals surface area contributed by atoms with Crippen LogP contribution in [-0.4, -0.2) is 22.6 Å². The van der Waals surface area contributed by atoms with Gasteiger partial charge in [-0.3, -0.25) is 0 Å². The molecule has 106 valence electrons. The van der Waals surface area contributed by atoms with Gasteiger partial charge in [0.2, 0.25) is 0 Å². The van der Waals surface area contributed by atoms with Gasteiger partial charge in [-0.25, -0.2) is 9.97 Å². The molecule has 0 aliphatic carbocycles. The fourth-order valence-corrected chi connectivity index (χ4v) is 2.84. The summed E-state index contributed by atoms with van der Waals surface area (Å²) in [5.74, 6) is 2.87. The number of rotatable bonds is 2. The van der Waals surface area contributed by atoms with E-state index in [4.69, 9.17) is 16.6 Å². The van der Waals surface area contributed by atoms with Gasteiger partial charge in [-0.2, -0.15) is 0 Å². The number of nitrogens with zero attached hydrogens (tertiary/aromatic N) is 3. The first-order chi connectivity index (χ1) is 8.91. The first kappa shape index (κ1) is 14.6. The van der Waals surface area contributed by atoms with Crippen molar-refractivity contribution in [3.63, 3.8) is 0 Å². The maximum absolute atomic E-state index is 6.29. The van der Waals surface area contributed by atoms with Gasteiger partial charge >= 0.3 is 0 Å². The van der Waals surface area contributed by atoms with Crippen LogP contribution in [-0.2, 0) is 0 Å². The van der Waals surface area contributed by atoms with Crippen molar-refractivity contribution in [2.75, 3.05) is 11.4 Å². The molecule has 2 rings (SSSR count). The lowest BCUT2D eigenvalue weighted by Crippen LogP contribution is -2.43. The zero-order valence-electron chi connectivity index (χ0n) is 12.6. The third kappa shape index (κ3) is 2.86. The van der Waals surface area contributed by atoms with Crippen molar-refractivity contribution < 1.29 is 0 Å². The second kappa shape index (κ2) is 5.66. The minimum atomic E-state index is 0.300. The molecule has 0 saturated carbocycles. The summed E-state index contributed by atoms with van der Waals surface area (Å²) in [6.07, 6.45) is 2.52. The fourth-order valence-electron chi connectivity index (χ4n) is 2.67. The highest BCUT2D eigenvalue weighted by atomic mass is 35.5. The summed E-state index contributed by atoms with van der Waals surface area (Å²) in [6.45, 7) is 11.9. The van der Waals surface area contributed by atoms with Gasteiger partial charge in [-0.1, -0.05) is 32.4 Å². The molecule has 0 bridgehead atoms. The van der Waals surface area contributed by atoms with E-state index in [-0.39, 0.29) is 0 Å². The number of anilines is 1. The minimum absolute atomic E-state index is 0.300. The summed E-state index contributed by atoms with van der Waals surface area (Å²) in [6, 6.07) is 0.512. The average Bonchev–Trinajstić information content (AvgIpc) is 2.36. The summed E-state index contributed by atoms with van der Waals surface area (Å²) in [5, 5.41) is 0.596. The van der Waals surface area contributed by atoms with Crippen LogP contribution in [0.25, 0.3) is 0 Å². The molecule has 1 aromatic heterocycles. The molecule has 4 heteroatoms. The predicted octanol–water partition coefficient (Wildman–Crippen LogP) is 4.19. The van der Waals surface area contributed by atoms with Crippen LogP contribution >= 0.6 is 11.6 Å². The molecule has 1 aromatic rings. The molecule has 2 heterocycles. The van der Waals surface area contributed by atoms with Gasteiger partial charge in [0.25, 0.3) is 0 Å². The second-order valence-electron chi connectivity index (χ2n) is 6.03. The maximum Gasteiger partial charge on any atom is 0.137 e. The van der Waals surface area contributed by atoms with E-state index in [2.05, 4.69) is 37.6 Å². The standard InChI is InChI=1S/C15H24ClN3/c1-9(2)14-17-13(16)11(4)15(18-14)19-8-6-7-10(3)12(19)5/h9-10,12H,6-8H2,1-5H3. The summed E-state index contributed by atoms with van der Waals surface area (Å²) >= 11 is 6.29. The number of aromatic nitrogens is 2. The predicted molar refractivity (Wildman–Crippen MR) is 81.1 cm³/mol. The van der Waals surface area contributed by atoms with Crippen LogP contribution in [0.15, 0.2) is 0 Å². The zero-order valence-corrected chi connectivity index (χ0v) is 13.3. The van der Waals surface area contributed by atoms with Gasteiger partial charge in [0.1, 0.15) is 16.8 Å². The van der Waals surface area contributed by atoms with E-state index in [0.717, 1.165) is 23.8 Å². The normalized spacial score (nSPS) is 24.1. The first-order valence-corrected chi connectivity index (χ1v) is 7.60. The third-order valence-corrected chi connectivity index (χ3v) is 4.61. The lowest BCUT2D eigenvalue weighted by atomic mass is 9.92. The number of piperidine rings is 1. The van der Waals surface area contributed by atoms with E-state index in [0.29, 0.717) is 23.0 Å². The Morgan fingerprint density at radius 1 is 1.26 bits per heavy atom. The molecular weight excluding hydrogens is 258 g/mol. The smallest absolute Gasteiger partial charge is 0.137 e. The minimum Gasteiger partial charge on any atom is -0.353 e. The van der Waals surface area contributed by atoms with E-state index < -0.39 is 0 Å². The Balaban J connectivity index is 2.43. The van der Waals surface area contributed by atoms with Crippen LogP contribution < -0.4 is 4.90 Å². The zero-order chi connectivity index (χ0) is 14.2. The lowest BCUT2D eigenvalue weighted by molar-refractivity contribution is 0.360. The number of hydrogen-bond acceptors (Lipinski definition) is 3. The summed E-state index contributed by atoms with van der Waals surface area (Å²) < 4.78 is 0. The van der Waals surface area contributed by atoms with E-state index in [9.17, 15) is 0 Å². The molecular formula is C15H24ClN3. The van der Waals surface area contributed by atoms with Crippen LogP contribution in [0.4, 0.5) is 5.82 Å². The molecule has 1 aliphatic heterocycles. The second-order valence-corrected chi connectivity index (χ2v) is 6.39. The average molecular weight is 282 g/mol. The van der Waals surface area contributed by atoms with Crippen LogP contribution in [0, 0.1) is 12.8 Å². The molecule has 0 amide bonds. The van der Waals surface area contributed by atoms with Gasteiger partial charge in [-0.15, -0.1) is 0 Å². The van der Waals surface area contributed by atoms with E-state index in [1.807, 2.05) is 6.92 Å². The van der Waals surface area contributed by atoms with Crippen LogP contribution in [0.2, 0.25) is 5.15 Å². The SMILES string of the molecule is Cc1c(Cl)nc(C(C)C)nc1N1CCCC(C)C1C. The third-order valence-electron chi connectivity index (χ3n) is 4.24. The van der Waals surface area contributed by atoms with Gasteiger partial charge in [0.15, 0.2) is 0 Å². The molecule has 2 unspecified atom stereocenters. The number of halogens is 1. The van der Waals surface area contributed by atoms with E-state index in [1.165, 1.54) is 12.8 Å². The molecule has 3 nitrogen and oxygen atoms in total. The van der Waals surface area contributed by atoms with Crippen molar-refractivity contribution in [1.82, 2.24) is 9.97 Å². The quantitative estimate of drug-likeness (QED) is 0.761. The van der Waals surface area contributed by atoms with Crippen molar-refractivity contribution in [2.24, 2.45) is 5.92 Å². The Kier molecular flexibility index (Phi) is 4.34. The van der Waals surface area contributed by atoms with E-state index in [1.54, 1.807) is 0 Å². The molecule has 0 radical (unpaired) electrons. The molecule has 1 fully saturated rings.